The van der Waals surface area contributed by atoms with E-state index in [0.717, 1.165) is 0 Å². The van der Waals surface area contributed by atoms with Gasteiger partial charge >= 0.3 is 0 Å². The molecule has 0 fully saturated rings. The van der Waals surface area contributed by atoms with E-state index >= 15 is 0 Å². The Labute approximate surface area is 130 Å². The fourth-order valence-corrected chi connectivity index (χ4v) is 8.31. The summed E-state index contributed by atoms with van der Waals surface area (Å²) in [6.45, 7) is 0. The summed E-state index contributed by atoms with van der Waals surface area (Å²) in [6, 6.07) is 0. The largest absolute Gasteiger partial charge is 0.139 e. The molecule has 2 heterocycles. The normalized spacial score (nSPS) is 28.4. The second-order valence-electron chi connectivity index (χ2n) is 3.58. The van der Waals surface area contributed by atoms with Gasteiger partial charge in [-0.15, -0.1) is 70.6 Å². The second-order valence-corrected chi connectivity index (χ2v) is 11.7. The van der Waals surface area contributed by atoms with Gasteiger partial charge in [-0.1, -0.05) is 0 Å². The molecule has 2 atom stereocenters. The van der Waals surface area contributed by atoms with Gasteiger partial charge < -0.3 is 0 Å². The van der Waals surface area contributed by atoms with Crippen LogP contribution in [0.5, 0.6) is 0 Å². The number of allylic oxidation sites excluding steroid dienone is 2. The van der Waals surface area contributed by atoms with Gasteiger partial charge in [-0.25, -0.2) is 0 Å². The lowest BCUT2D eigenvalue weighted by Crippen LogP contribution is -1.84. The van der Waals surface area contributed by atoms with Crippen LogP contribution in [-0.2, 0) is 0 Å². The standard InChI is InChI=1S/C11H16S6/c1-12-10-14-6-8(16-10)4-3-5-9-7-15-11(13-2)17-9/h6-7,10-11H,3-5H2,1-2H3. The maximum absolute atomic E-state index is 2.36. The van der Waals surface area contributed by atoms with Crippen LogP contribution in [0.15, 0.2) is 20.6 Å². The summed E-state index contributed by atoms with van der Waals surface area (Å²) in [4.78, 5) is 3.18. The molecule has 0 N–H and O–H groups in total. The lowest BCUT2D eigenvalue weighted by atomic mass is 10.2. The van der Waals surface area contributed by atoms with Crippen molar-refractivity contribution >= 4 is 70.6 Å². The maximum Gasteiger partial charge on any atom is 0.104 e. The molecule has 0 saturated heterocycles. The minimum absolute atomic E-state index is 0.710. The summed E-state index contributed by atoms with van der Waals surface area (Å²) in [5.74, 6) is 0. The van der Waals surface area contributed by atoms with Gasteiger partial charge in [0.05, 0.1) is 0 Å². The van der Waals surface area contributed by atoms with Crippen LogP contribution >= 0.6 is 70.6 Å². The van der Waals surface area contributed by atoms with E-state index in [1.54, 1.807) is 9.81 Å². The Morgan fingerprint density at radius 2 is 1.41 bits per heavy atom. The van der Waals surface area contributed by atoms with Crippen molar-refractivity contribution in [1.82, 2.24) is 0 Å². The molecule has 0 amide bonds. The molecule has 96 valence electrons. The van der Waals surface area contributed by atoms with Crippen molar-refractivity contribution in [3.63, 3.8) is 0 Å². The summed E-state index contributed by atoms with van der Waals surface area (Å²) in [5, 5.41) is 4.73. The van der Waals surface area contributed by atoms with Gasteiger partial charge in [-0.3, -0.25) is 0 Å². The number of hydrogen-bond acceptors (Lipinski definition) is 6. The van der Waals surface area contributed by atoms with Crippen LogP contribution < -0.4 is 0 Å². The Hall–Kier alpha value is 1.58. The minimum atomic E-state index is 0.710. The Kier molecular flexibility index (Phi) is 7.05. The van der Waals surface area contributed by atoms with E-state index < -0.39 is 0 Å². The molecule has 0 radical (unpaired) electrons. The van der Waals surface area contributed by atoms with E-state index in [1.165, 1.54) is 19.3 Å². The topological polar surface area (TPSA) is 0 Å². The quantitative estimate of drug-likeness (QED) is 0.569. The van der Waals surface area contributed by atoms with Crippen molar-refractivity contribution in [3.8, 4) is 0 Å². The molecule has 2 unspecified atom stereocenters. The molecule has 17 heavy (non-hydrogen) atoms. The summed E-state index contributed by atoms with van der Waals surface area (Å²) >= 11 is 11.9. The molecule has 0 bridgehead atoms. The summed E-state index contributed by atoms with van der Waals surface area (Å²) < 4.78 is 1.42. The predicted molar refractivity (Wildman–Crippen MR) is 95.0 cm³/mol. The van der Waals surface area contributed by atoms with Gasteiger partial charge in [0.1, 0.15) is 7.83 Å². The fraction of sp³-hybridized carbons (Fsp3) is 0.636. The van der Waals surface area contributed by atoms with E-state index in [9.17, 15) is 0 Å². The molecule has 6 heteroatoms. The average Bonchev–Trinajstić information content (AvgIpc) is 2.97. The molecule has 2 aliphatic heterocycles. The smallest absolute Gasteiger partial charge is 0.104 e. The lowest BCUT2D eigenvalue weighted by molar-refractivity contribution is 0.856. The Morgan fingerprint density at radius 1 is 0.941 bits per heavy atom. The molecule has 0 aromatic heterocycles. The molecule has 0 aromatic carbocycles. The van der Waals surface area contributed by atoms with Crippen LogP contribution in [0.1, 0.15) is 19.3 Å². The van der Waals surface area contributed by atoms with E-state index in [0.29, 0.717) is 7.83 Å². The van der Waals surface area contributed by atoms with Gasteiger partial charge in [-0.05, 0) is 52.4 Å². The van der Waals surface area contributed by atoms with Crippen molar-refractivity contribution in [3.05, 3.63) is 20.6 Å². The molecule has 0 nitrogen and oxygen atoms in total. The first-order valence-electron chi connectivity index (χ1n) is 5.39. The summed E-state index contributed by atoms with van der Waals surface area (Å²) in [7, 11) is 0. The zero-order valence-electron chi connectivity index (χ0n) is 9.88. The highest BCUT2D eigenvalue weighted by atomic mass is 32.3. The maximum atomic E-state index is 2.36. The van der Waals surface area contributed by atoms with Crippen LogP contribution in [0.2, 0.25) is 0 Å². The zero-order chi connectivity index (χ0) is 12.1. The molecule has 0 aliphatic carbocycles. The summed E-state index contributed by atoms with van der Waals surface area (Å²) in [5.41, 5.74) is 0. The molecule has 2 rings (SSSR count). The highest BCUT2D eigenvalue weighted by Gasteiger charge is 2.19. The van der Waals surface area contributed by atoms with E-state index in [4.69, 9.17) is 0 Å². The number of rotatable bonds is 6. The lowest BCUT2D eigenvalue weighted by Gasteiger charge is -2.06. The Bertz CT molecular complexity index is 281. The van der Waals surface area contributed by atoms with Gasteiger partial charge in [-0.2, -0.15) is 0 Å². The first-order valence-corrected chi connectivity index (χ1v) is 11.6. The number of hydrogen-bond donors (Lipinski definition) is 0. The SMILES string of the molecule is CSC1SC=C(CCCC2=CSC(SC)S2)S1. The monoisotopic (exact) mass is 340 g/mol. The highest BCUT2D eigenvalue weighted by Crippen LogP contribution is 2.49. The molecule has 0 aromatic rings. The first kappa shape index (κ1) is 15.0. The fourth-order valence-electron chi connectivity index (χ4n) is 1.50. The van der Waals surface area contributed by atoms with Crippen LogP contribution in [0.25, 0.3) is 0 Å². The summed E-state index contributed by atoms with van der Waals surface area (Å²) in [6.07, 6.45) is 8.23. The van der Waals surface area contributed by atoms with Crippen molar-refractivity contribution < 1.29 is 0 Å². The average molecular weight is 341 g/mol. The molecule has 0 spiro atoms. The van der Waals surface area contributed by atoms with Crippen LogP contribution in [-0.4, -0.2) is 20.3 Å². The van der Waals surface area contributed by atoms with Gasteiger partial charge in [0.2, 0.25) is 0 Å². The predicted octanol–water partition coefficient (Wildman–Crippen LogP) is 6.09. The third-order valence-corrected chi connectivity index (χ3v) is 11.1. The van der Waals surface area contributed by atoms with Crippen LogP contribution in [0.4, 0.5) is 0 Å². The molecule has 0 saturated carbocycles. The van der Waals surface area contributed by atoms with Crippen molar-refractivity contribution in [1.29, 1.82) is 0 Å². The van der Waals surface area contributed by atoms with E-state index in [2.05, 4.69) is 23.3 Å². The Balaban J connectivity index is 1.61. The van der Waals surface area contributed by atoms with E-state index in [-0.39, 0.29) is 0 Å². The van der Waals surface area contributed by atoms with Gasteiger partial charge in [0.25, 0.3) is 0 Å². The zero-order valence-corrected chi connectivity index (χ0v) is 14.8. The molecule has 2 aliphatic rings. The van der Waals surface area contributed by atoms with Gasteiger partial charge in [0.15, 0.2) is 0 Å². The van der Waals surface area contributed by atoms with Crippen molar-refractivity contribution in [2.75, 3.05) is 12.5 Å². The second kappa shape index (κ2) is 8.00. The highest BCUT2D eigenvalue weighted by molar-refractivity contribution is 8.36. The van der Waals surface area contributed by atoms with Crippen molar-refractivity contribution in [2.45, 2.75) is 27.1 Å². The van der Waals surface area contributed by atoms with Crippen LogP contribution in [0.3, 0.4) is 0 Å². The third kappa shape index (κ3) is 4.88. The third-order valence-electron chi connectivity index (χ3n) is 2.35. The van der Waals surface area contributed by atoms with E-state index in [1.807, 2.05) is 70.6 Å². The Morgan fingerprint density at radius 3 is 1.76 bits per heavy atom. The van der Waals surface area contributed by atoms with Crippen LogP contribution in [0, 0.1) is 0 Å². The van der Waals surface area contributed by atoms with Gasteiger partial charge in [0, 0.05) is 0 Å². The number of thioether (sulfide) groups is 6. The first-order chi connectivity index (χ1) is 8.31. The van der Waals surface area contributed by atoms with Crippen molar-refractivity contribution in [2.24, 2.45) is 0 Å². The minimum Gasteiger partial charge on any atom is -0.139 e. The molecular formula is C11H16S6. The molecular weight excluding hydrogens is 325 g/mol.